The van der Waals surface area contributed by atoms with E-state index in [4.69, 9.17) is 0 Å². The SMILES string of the molecule is Cl.c1cc(CNC2CCCCC2)cs1. The van der Waals surface area contributed by atoms with Gasteiger partial charge in [-0.15, -0.1) is 12.4 Å². The fourth-order valence-corrected chi connectivity index (χ4v) is 2.63. The van der Waals surface area contributed by atoms with E-state index >= 15 is 0 Å². The summed E-state index contributed by atoms with van der Waals surface area (Å²) in [6, 6.07) is 2.99. The summed E-state index contributed by atoms with van der Waals surface area (Å²) in [4.78, 5) is 0. The van der Waals surface area contributed by atoms with Crippen LogP contribution in [0.2, 0.25) is 0 Å². The second-order valence-corrected chi connectivity index (χ2v) is 4.63. The number of halogens is 1. The zero-order valence-electron chi connectivity index (χ0n) is 8.37. The Kier molecular flexibility index (Phi) is 5.53. The van der Waals surface area contributed by atoms with Gasteiger partial charge in [0.05, 0.1) is 0 Å². The Labute approximate surface area is 96.3 Å². The molecule has 1 N–H and O–H groups in total. The molecule has 0 unspecified atom stereocenters. The van der Waals surface area contributed by atoms with Gasteiger partial charge < -0.3 is 5.32 Å². The Bertz CT molecular complexity index is 229. The Morgan fingerprint density at radius 2 is 2.07 bits per heavy atom. The normalized spacial score (nSPS) is 17.7. The van der Waals surface area contributed by atoms with Crippen LogP contribution in [0.1, 0.15) is 37.7 Å². The lowest BCUT2D eigenvalue weighted by atomic mass is 9.95. The number of hydrogen-bond acceptors (Lipinski definition) is 2. The van der Waals surface area contributed by atoms with Crippen LogP contribution >= 0.6 is 23.7 Å². The molecular formula is C11H18ClNS. The molecular weight excluding hydrogens is 214 g/mol. The Hall–Kier alpha value is -0.0500. The van der Waals surface area contributed by atoms with Crippen molar-refractivity contribution in [2.75, 3.05) is 0 Å². The largest absolute Gasteiger partial charge is 0.310 e. The molecule has 0 amide bonds. The second-order valence-electron chi connectivity index (χ2n) is 3.85. The van der Waals surface area contributed by atoms with E-state index in [2.05, 4.69) is 22.1 Å². The zero-order chi connectivity index (χ0) is 8.93. The van der Waals surface area contributed by atoms with Gasteiger partial charge in [0.15, 0.2) is 0 Å². The number of rotatable bonds is 3. The molecule has 1 aromatic heterocycles. The van der Waals surface area contributed by atoms with Crippen molar-refractivity contribution in [3.05, 3.63) is 22.4 Å². The summed E-state index contributed by atoms with van der Waals surface area (Å²) in [7, 11) is 0. The summed E-state index contributed by atoms with van der Waals surface area (Å²) >= 11 is 1.79. The first-order chi connectivity index (χ1) is 6.45. The molecule has 0 bridgehead atoms. The fourth-order valence-electron chi connectivity index (χ4n) is 1.96. The third-order valence-corrected chi connectivity index (χ3v) is 3.51. The van der Waals surface area contributed by atoms with E-state index in [1.54, 1.807) is 11.3 Å². The topological polar surface area (TPSA) is 12.0 Å². The van der Waals surface area contributed by atoms with Crippen LogP contribution in [0, 0.1) is 0 Å². The first-order valence-corrected chi connectivity index (χ1v) is 6.14. The lowest BCUT2D eigenvalue weighted by Gasteiger charge is -2.22. The second kappa shape index (κ2) is 6.44. The molecule has 0 atom stereocenters. The van der Waals surface area contributed by atoms with Crippen molar-refractivity contribution in [2.24, 2.45) is 0 Å². The molecule has 0 aliphatic heterocycles. The lowest BCUT2D eigenvalue weighted by molar-refractivity contribution is 0.372. The van der Waals surface area contributed by atoms with Crippen LogP contribution in [0.5, 0.6) is 0 Å². The van der Waals surface area contributed by atoms with Gasteiger partial charge in [0, 0.05) is 12.6 Å². The molecule has 2 rings (SSSR count). The van der Waals surface area contributed by atoms with E-state index in [0.29, 0.717) is 0 Å². The third-order valence-electron chi connectivity index (χ3n) is 2.78. The average molecular weight is 232 g/mol. The number of hydrogen-bond donors (Lipinski definition) is 1. The molecule has 0 aromatic carbocycles. The maximum Gasteiger partial charge on any atom is 0.0216 e. The number of nitrogens with one attached hydrogen (secondary N) is 1. The summed E-state index contributed by atoms with van der Waals surface area (Å²) in [6.45, 7) is 1.06. The summed E-state index contributed by atoms with van der Waals surface area (Å²) in [5.74, 6) is 0. The highest BCUT2D eigenvalue weighted by molar-refractivity contribution is 7.07. The molecule has 14 heavy (non-hydrogen) atoms. The first-order valence-electron chi connectivity index (χ1n) is 5.19. The minimum absolute atomic E-state index is 0. The highest BCUT2D eigenvalue weighted by Crippen LogP contribution is 2.18. The van der Waals surface area contributed by atoms with Crippen LogP contribution in [0.3, 0.4) is 0 Å². The maximum atomic E-state index is 3.63. The van der Waals surface area contributed by atoms with Gasteiger partial charge in [-0.1, -0.05) is 19.3 Å². The quantitative estimate of drug-likeness (QED) is 0.839. The molecule has 1 fully saturated rings. The van der Waals surface area contributed by atoms with Crippen molar-refractivity contribution in [3.8, 4) is 0 Å². The van der Waals surface area contributed by atoms with E-state index in [1.807, 2.05) is 0 Å². The molecule has 0 spiro atoms. The van der Waals surface area contributed by atoms with Crippen molar-refractivity contribution in [2.45, 2.75) is 44.7 Å². The van der Waals surface area contributed by atoms with E-state index < -0.39 is 0 Å². The van der Waals surface area contributed by atoms with Crippen LogP contribution in [0.25, 0.3) is 0 Å². The van der Waals surface area contributed by atoms with Crippen LogP contribution in [0.4, 0.5) is 0 Å². The highest BCUT2D eigenvalue weighted by Gasteiger charge is 2.11. The van der Waals surface area contributed by atoms with Crippen molar-refractivity contribution in [1.29, 1.82) is 0 Å². The summed E-state index contributed by atoms with van der Waals surface area (Å²) in [5.41, 5.74) is 1.44. The van der Waals surface area contributed by atoms with E-state index in [1.165, 1.54) is 37.7 Å². The molecule has 0 radical (unpaired) electrons. The molecule has 1 aliphatic carbocycles. The molecule has 80 valence electrons. The summed E-state index contributed by atoms with van der Waals surface area (Å²) in [6.07, 6.45) is 7.04. The Morgan fingerprint density at radius 1 is 1.29 bits per heavy atom. The smallest absolute Gasteiger partial charge is 0.0216 e. The predicted octanol–water partition coefficient (Wildman–Crippen LogP) is 3.59. The van der Waals surface area contributed by atoms with E-state index in [0.717, 1.165) is 12.6 Å². The van der Waals surface area contributed by atoms with Crippen molar-refractivity contribution >= 4 is 23.7 Å². The van der Waals surface area contributed by atoms with Gasteiger partial charge >= 0.3 is 0 Å². The van der Waals surface area contributed by atoms with E-state index in [9.17, 15) is 0 Å². The minimum atomic E-state index is 0. The predicted molar refractivity (Wildman–Crippen MR) is 65.3 cm³/mol. The lowest BCUT2D eigenvalue weighted by Crippen LogP contribution is -2.30. The van der Waals surface area contributed by atoms with Crippen LogP contribution < -0.4 is 5.32 Å². The van der Waals surface area contributed by atoms with Gasteiger partial charge in [0.1, 0.15) is 0 Å². The van der Waals surface area contributed by atoms with Crippen molar-refractivity contribution in [3.63, 3.8) is 0 Å². The van der Waals surface area contributed by atoms with Crippen LogP contribution in [-0.2, 0) is 6.54 Å². The van der Waals surface area contributed by atoms with Gasteiger partial charge in [-0.25, -0.2) is 0 Å². The minimum Gasteiger partial charge on any atom is -0.310 e. The molecule has 1 aliphatic rings. The first kappa shape index (κ1) is 12.0. The molecule has 3 heteroatoms. The standard InChI is InChI=1S/C11H17NS.ClH/c1-2-4-11(5-3-1)12-8-10-6-7-13-9-10;/h6-7,9,11-12H,1-5,8H2;1H. The summed E-state index contributed by atoms with van der Waals surface area (Å²) < 4.78 is 0. The van der Waals surface area contributed by atoms with Gasteiger partial charge in [-0.2, -0.15) is 11.3 Å². The highest BCUT2D eigenvalue weighted by atomic mass is 35.5. The van der Waals surface area contributed by atoms with Crippen molar-refractivity contribution in [1.82, 2.24) is 5.32 Å². The van der Waals surface area contributed by atoms with Crippen LogP contribution in [-0.4, -0.2) is 6.04 Å². The van der Waals surface area contributed by atoms with Crippen LogP contribution in [0.15, 0.2) is 16.8 Å². The molecule has 1 saturated carbocycles. The molecule has 0 saturated heterocycles. The molecule has 1 heterocycles. The average Bonchev–Trinajstić information content (AvgIpc) is 2.69. The van der Waals surface area contributed by atoms with E-state index in [-0.39, 0.29) is 12.4 Å². The third kappa shape index (κ3) is 3.60. The fraction of sp³-hybridized carbons (Fsp3) is 0.636. The maximum absolute atomic E-state index is 3.63. The Balaban J connectivity index is 0.000000980. The number of thiophene rings is 1. The Morgan fingerprint density at radius 3 is 2.71 bits per heavy atom. The molecule has 1 nitrogen and oxygen atoms in total. The monoisotopic (exact) mass is 231 g/mol. The van der Waals surface area contributed by atoms with Crippen molar-refractivity contribution < 1.29 is 0 Å². The van der Waals surface area contributed by atoms with Gasteiger partial charge in [0.25, 0.3) is 0 Å². The van der Waals surface area contributed by atoms with Gasteiger partial charge in [-0.05, 0) is 35.2 Å². The molecule has 1 aromatic rings. The zero-order valence-corrected chi connectivity index (χ0v) is 10.0. The van der Waals surface area contributed by atoms with Gasteiger partial charge in [0.2, 0.25) is 0 Å². The van der Waals surface area contributed by atoms with Gasteiger partial charge in [-0.3, -0.25) is 0 Å². The summed E-state index contributed by atoms with van der Waals surface area (Å²) in [5, 5.41) is 8.01.